The van der Waals surface area contributed by atoms with Gasteiger partial charge in [-0.1, -0.05) is 29.3 Å². The molecule has 0 spiro atoms. The van der Waals surface area contributed by atoms with Crippen LogP contribution in [-0.2, 0) is 37.0 Å². The third-order valence-corrected chi connectivity index (χ3v) is 10.2. The van der Waals surface area contributed by atoms with Crippen molar-refractivity contribution < 1.29 is 14.3 Å². The number of urea groups is 1. The van der Waals surface area contributed by atoms with Crippen LogP contribution in [0, 0.1) is 0 Å². The number of anilines is 1. The molecule has 2 aliphatic rings. The van der Waals surface area contributed by atoms with Crippen LogP contribution in [0.5, 0.6) is 0 Å². The van der Waals surface area contributed by atoms with E-state index in [-0.39, 0.29) is 12.0 Å². The lowest BCUT2D eigenvalue weighted by molar-refractivity contribution is 0.00699. The summed E-state index contributed by atoms with van der Waals surface area (Å²) in [5.41, 5.74) is 4.41. The van der Waals surface area contributed by atoms with Gasteiger partial charge < -0.3 is 10.1 Å². The van der Waals surface area contributed by atoms with Crippen molar-refractivity contribution >= 4 is 62.9 Å². The number of hydrogen-bond acceptors (Lipinski definition) is 5. The Bertz CT molecular complexity index is 1390. The number of thiophene rings is 2. The normalized spacial score (nSPS) is 15.0. The largest absolute Gasteiger partial charge is 0.456 e. The number of fused-ring (bicyclic) bond motifs is 2. The van der Waals surface area contributed by atoms with Gasteiger partial charge in [-0.3, -0.25) is 5.32 Å². The van der Waals surface area contributed by atoms with E-state index in [1.807, 2.05) is 39.0 Å². The van der Waals surface area contributed by atoms with Crippen molar-refractivity contribution in [3.63, 3.8) is 0 Å². The van der Waals surface area contributed by atoms with Gasteiger partial charge >= 0.3 is 12.0 Å². The number of amides is 2. The Morgan fingerprint density at radius 3 is 2.26 bits per heavy atom. The molecule has 0 radical (unpaired) electrons. The standard InChI is InChI=1S/C29H32Cl2N2O3S2/c1-29(2,3)36-27(34)24-18-9-5-7-11-23(18)38-26(24)33-28(35)32-15-19-17-8-4-6-10-22(17)37-25(19)16-12-13-20(30)21(31)14-16/h12-14H,4-11,15H2,1-3H3,(H2,32,33,35). The number of ether oxygens (including phenoxy) is 1. The minimum Gasteiger partial charge on any atom is -0.456 e. The quantitative estimate of drug-likeness (QED) is 0.292. The summed E-state index contributed by atoms with van der Waals surface area (Å²) in [5.74, 6) is -0.374. The number of aryl methyl sites for hydroxylation is 2. The summed E-state index contributed by atoms with van der Waals surface area (Å²) in [6.07, 6.45) is 8.26. The number of esters is 1. The fraction of sp³-hybridized carbons (Fsp3) is 0.448. The summed E-state index contributed by atoms with van der Waals surface area (Å²) in [6.45, 7) is 5.96. The van der Waals surface area contributed by atoms with E-state index in [0.29, 0.717) is 27.2 Å². The van der Waals surface area contributed by atoms with E-state index in [1.54, 1.807) is 11.3 Å². The minimum atomic E-state index is -0.612. The molecule has 38 heavy (non-hydrogen) atoms. The van der Waals surface area contributed by atoms with Crippen molar-refractivity contribution in [2.24, 2.45) is 0 Å². The van der Waals surface area contributed by atoms with Crippen LogP contribution in [0.25, 0.3) is 10.4 Å². The number of hydrogen-bond donors (Lipinski definition) is 2. The third kappa shape index (κ3) is 5.91. The highest BCUT2D eigenvalue weighted by Crippen LogP contribution is 2.42. The maximum absolute atomic E-state index is 13.2. The molecule has 0 aliphatic heterocycles. The fourth-order valence-electron chi connectivity index (χ4n) is 5.20. The number of carbonyl (C=O) groups is 2. The molecule has 9 heteroatoms. The molecule has 2 aliphatic carbocycles. The monoisotopic (exact) mass is 590 g/mol. The second-order valence-corrected chi connectivity index (χ2v) is 13.9. The molecular formula is C29H32Cl2N2O3S2. The summed E-state index contributed by atoms with van der Waals surface area (Å²) < 4.78 is 5.71. The molecular weight excluding hydrogens is 559 g/mol. The van der Waals surface area contributed by atoms with Gasteiger partial charge in [0.15, 0.2) is 0 Å². The highest BCUT2D eigenvalue weighted by Gasteiger charge is 2.30. The van der Waals surface area contributed by atoms with Crippen LogP contribution in [0.4, 0.5) is 9.80 Å². The number of rotatable bonds is 5. The number of nitrogens with one attached hydrogen (secondary N) is 2. The summed E-state index contributed by atoms with van der Waals surface area (Å²) in [6, 6.07) is 5.37. The Balaban J connectivity index is 1.39. The summed E-state index contributed by atoms with van der Waals surface area (Å²) in [7, 11) is 0. The zero-order valence-electron chi connectivity index (χ0n) is 21.9. The van der Waals surface area contributed by atoms with Crippen LogP contribution in [-0.4, -0.2) is 17.6 Å². The van der Waals surface area contributed by atoms with Gasteiger partial charge in [-0.2, -0.15) is 0 Å². The molecule has 1 aromatic carbocycles. The first-order valence-corrected chi connectivity index (χ1v) is 15.5. The lowest BCUT2D eigenvalue weighted by Gasteiger charge is -2.21. The molecule has 0 bridgehead atoms. The molecule has 2 aromatic heterocycles. The van der Waals surface area contributed by atoms with Gasteiger partial charge in [0.05, 0.1) is 15.6 Å². The lowest BCUT2D eigenvalue weighted by Crippen LogP contribution is -2.30. The predicted octanol–water partition coefficient (Wildman–Crippen LogP) is 8.82. The summed E-state index contributed by atoms with van der Waals surface area (Å²) in [4.78, 5) is 30.0. The van der Waals surface area contributed by atoms with Crippen LogP contribution in [0.2, 0.25) is 10.0 Å². The number of carbonyl (C=O) groups excluding carboxylic acids is 2. The highest BCUT2D eigenvalue weighted by molar-refractivity contribution is 7.17. The van der Waals surface area contributed by atoms with Crippen LogP contribution in [0.15, 0.2) is 18.2 Å². The first kappa shape index (κ1) is 27.5. The topological polar surface area (TPSA) is 67.4 Å². The molecule has 0 saturated carbocycles. The molecule has 0 fully saturated rings. The fourth-order valence-corrected chi connectivity index (χ4v) is 8.18. The van der Waals surface area contributed by atoms with E-state index in [1.165, 1.54) is 33.1 Å². The van der Waals surface area contributed by atoms with E-state index in [9.17, 15) is 9.59 Å². The zero-order valence-corrected chi connectivity index (χ0v) is 25.0. The molecule has 0 atom stereocenters. The van der Waals surface area contributed by atoms with Gasteiger partial charge in [-0.15, -0.1) is 22.7 Å². The van der Waals surface area contributed by atoms with E-state index >= 15 is 0 Å². The average Bonchev–Trinajstić information content (AvgIpc) is 3.41. The third-order valence-electron chi connectivity index (χ3n) is 6.89. The van der Waals surface area contributed by atoms with Crippen LogP contribution >= 0.6 is 45.9 Å². The SMILES string of the molecule is CC(C)(C)OC(=O)c1c(NC(=O)NCc2c(-c3ccc(Cl)c(Cl)c3)sc3c2CCCC3)sc2c1CCCC2. The molecule has 0 saturated heterocycles. The molecule has 3 aromatic rings. The van der Waals surface area contributed by atoms with E-state index < -0.39 is 5.60 Å². The minimum absolute atomic E-state index is 0.329. The second-order valence-electron chi connectivity index (χ2n) is 10.9. The van der Waals surface area contributed by atoms with Gasteiger partial charge in [-0.25, -0.2) is 9.59 Å². The van der Waals surface area contributed by atoms with Gasteiger partial charge in [0, 0.05) is 21.2 Å². The van der Waals surface area contributed by atoms with Crippen LogP contribution in [0.3, 0.4) is 0 Å². The maximum Gasteiger partial charge on any atom is 0.341 e. The Kier molecular flexibility index (Phi) is 8.11. The number of halogens is 2. The van der Waals surface area contributed by atoms with Crippen molar-refractivity contribution in [3.05, 3.63) is 60.3 Å². The van der Waals surface area contributed by atoms with Crippen molar-refractivity contribution in [1.29, 1.82) is 0 Å². The van der Waals surface area contributed by atoms with Gasteiger partial charge in [0.25, 0.3) is 0 Å². The Morgan fingerprint density at radius 2 is 1.58 bits per heavy atom. The Labute approximate surface area is 241 Å². The first-order valence-electron chi connectivity index (χ1n) is 13.1. The van der Waals surface area contributed by atoms with Crippen LogP contribution < -0.4 is 10.6 Å². The molecule has 5 nitrogen and oxygen atoms in total. The summed E-state index contributed by atoms with van der Waals surface area (Å²) >= 11 is 15.8. The van der Waals surface area contributed by atoms with E-state index in [2.05, 4.69) is 10.6 Å². The average molecular weight is 592 g/mol. The zero-order chi connectivity index (χ0) is 27.0. The number of benzene rings is 1. The highest BCUT2D eigenvalue weighted by atomic mass is 35.5. The summed E-state index contributed by atoms with van der Waals surface area (Å²) in [5, 5.41) is 7.66. The second kappa shape index (κ2) is 11.2. The molecule has 2 amide bonds. The smallest absolute Gasteiger partial charge is 0.341 e. The van der Waals surface area contributed by atoms with Gasteiger partial charge in [-0.05, 0) is 107 Å². The maximum atomic E-state index is 13.2. The molecule has 5 rings (SSSR count). The predicted molar refractivity (Wildman–Crippen MR) is 158 cm³/mol. The van der Waals surface area contributed by atoms with E-state index in [4.69, 9.17) is 27.9 Å². The molecule has 202 valence electrons. The Morgan fingerprint density at radius 1 is 0.921 bits per heavy atom. The molecule has 0 unspecified atom stereocenters. The van der Waals surface area contributed by atoms with Crippen molar-refractivity contribution in [1.82, 2.24) is 5.32 Å². The van der Waals surface area contributed by atoms with Crippen molar-refractivity contribution in [2.75, 3.05) is 5.32 Å². The first-order chi connectivity index (χ1) is 18.1. The van der Waals surface area contributed by atoms with Gasteiger partial charge in [0.2, 0.25) is 0 Å². The Hall–Kier alpha value is -2.06. The molecule has 2 N–H and O–H groups in total. The lowest BCUT2D eigenvalue weighted by atomic mass is 9.93. The van der Waals surface area contributed by atoms with Gasteiger partial charge in [0.1, 0.15) is 10.6 Å². The van der Waals surface area contributed by atoms with Crippen LogP contribution in [0.1, 0.15) is 83.3 Å². The molecule has 2 heterocycles. The van der Waals surface area contributed by atoms with E-state index in [0.717, 1.165) is 66.5 Å². The van der Waals surface area contributed by atoms with Crippen molar-refractivity contribution in [3.8, 4) is 10.4 Å². The van der Waals surface area contributed by atoms with Crippen molar-refractivity contribution in [2.45, 2.75) is 84.3 Å².